The number of sulfone groups is 1. The highest BCUT2D eigenvalue weighted by Gasteiger charge is 2.38. The third-order valence-electron chi connectivity index (χ3n) is 4.40. The standard InChI is InChI=1S/C14H26N2O3S/c1-10(9-20(2,18)19)16(12-6-7-12)14(17)8-11-4-3-5-13(11)15/h10-13H,3-9,15H2,1-2H3/t10?,11-,13+/m0/s1. The van der Waals surface area contributed by atoms with E-state index < -0.39 is 9.84 Å². The van der Waals surface area contributed by atoms with Crippen molar-refractivity contribution in [1.82, 2.24) is 4.90 Å². The molecule has 5 nitrogen and oxygen atoms in total. The van der Waals surface area contributed by atoms with Crippen LogP contribution >= 0.6 is 0 Å². The summed E-state index contributed by atoms with van der Waals surface area (Å²) < 4.78 is 22.9. The second-order valence-corrected chi connectivity index (χ2v) is 8.72. The van der Waals surface area contributed by atoms with Crippen molar-refractivity contribution >= 4 is 15.7 Å². The van der Waals surface area contributed by atoms with Crippen LogP contribution in [0, 0.1) is 5.92 Å². The van der Waals surface area contributed by atoms with Gasteiger partial charge in [0.25, 0.3) is 0 Å². The molecule has 2 fully saturated rings. The van der Waals surface area contributed by atoms with Gasteiger partial charge in [-0.3, -0.25) is 4.79 Å². The quantitative estimate of drug-likeness (QED) is 0.791. The Morgan fingerprint density at radius 1 is 1.30 bits per heavy atom. The molecule has 2 rings (SSSR count). The second-order valence-electron chi connectivity index (χ2n) is 6.53. The smallest absolute Gasteiger partial charge is 0.223 e. The van der Waals surface area contributed by atoms with E-state index >= 15 is 0 Å². The zero-order valence-electron chi connectivity index (χ0n) is 12.4. The molecule has 20 heavy (non-hydrogen) atoms. The lowest BCUT2D eigenvalue weighted by atomic mass is 9.99. The highest BCUT2D eigenvalue weighted by molar-refractivity contribution is 7.90. The number of rotatable bonds is 6. The van der Waals surface area contributed by atoms with Gasteiger partial charge in [-0.25, -0.2) is 8.42 Å². The summed E-state index contributed by atoms with van der Waals surface area (Å²) in [5, 5.41) is 0. The minimum absolute atomic E-state index is 0.0476. The molecule has 2 N–H and O–H groups in total. The van der Waals surface area contributed by atoms with E-state index in [0.29, 0.717) is 6.42 Å². The van der Waals surface area contributed by atoms with Gasteiger partial charge in [-0.2, -0.15) is 0 Å². The van der Waals surface area contributed by atoms with Gasteiger partial charge < -0.3 is 10.6 Å². The third kappa shape index (κ3) is 4.19. The van der Waals surface area contributed by atoms with Gasteiger partial charge >= 0.3 is 0 Å². The Kier molecular flexibility index (Phi) is 4.74. The number of hydrogen-bond donors (Lipinski definition) is 1. The monoisotopic (exact) mass is 302 g/mol. The molecule has 2 saturated carbocycles. The van der Waals surface area contributed by atoms with Gasteiger partial charge in [-0.1, -0.05) is 6.42 Å². The molecular weight excluding hydrogens is 276 g/mol. The number of nitrogens with zero attached hydrogens (tertiary/aromatic N) is 1. The molecule has 0 radical (unpaired) electrons. The Morgan fingerprint density at radius 3 is 2.40 bits per heavy atom. The van der Waals surface area contributed by atoms with Crippen molar-refractivity contribution < 1.29 is 13.2 Å². The fourth-order valence-corrected chi connectivity index (χ4v) is 4.37. The summed E-state index contributed by atoms with van der Waals surface area (Å²) in [6.07, 6.45) is 6.82. The summed E-state index contributed by atoms with van der Waals surface area (Å²) in [6.45, 7) is 1.84. The van der Waals surface area contributed by atoms with Crippen LogP contribution in [0.2, 0.25) is 0 Å². The van der Waals surface area contributed by atoms with Crippen LogP contribution in [0.5, 0.6) is 0 Å². The first-order valence-corrected chi connectivity index (χ1v) is 9.58. The second kappa shape index (κ2) is 6.02. The van der Waals surface area contributed by atoms with E-state index in [1.165, 1.54) is 6.26 Å². The van der Waals surface area contributed by atoms with Crippen molar-refractivity contribution in [2.75, 3.05) is 12.0 Å². The predicted molar refractivity (Wildman–Crippen MR) is 79.0 cm³/mol. The minimum Gasteiger partial charge on any atom is -0.336 e. The number of hydrogen-bond acceptors (Lipinski definition) is 4. The molecule has 0 heterocycles. The molecule has 1 unspecified atom stereocenters. The SMILES string of the molecule is CC(CS(C)(=O)=O)N(C(=O)C[C@@H]1CCC[C@H]1N)C1CC1. The number of carbonyl (C=O) groups is 1. The molecule has 6 heteroatoms. The first-order chi connectivity index (χ1) is 9.28. The van der Waals surface area contributed by atoms with Gasteiger partial charge in [0.15, 0.2) is 0 Å². The summed E-state index contributed by atoms with van der Waals surface area (Å²) in [5.41, 5.74) is 6.03. The van der Waals surface area contributed by atoms with Crippen LogP contribution in [0.3, 0.4) is 0 Å². The van der Waals surface area contributed by atoms with Crippen LogP contribution in [0.15, 0.2) is 0 Å². The molecule has 0 spiro atoms. The van der Waals surface area contributed by atoms with E-state index in [2.05, 4.69) is 0 Å². The van der Waals surface area contributed by atoms with Gasteiger partial charge in [-0.15, -0.1) is 0 Å². The highest BCUT2D eigenvalue weighted by Crippen LogP contribution is 2.33. The van der Waals surface area contributed by atoms with E-state index in [1.54, 1.807) is 0 Å². The van der Waals surface area contributed by atoms with Crippen LogP contribution < -0.4 is 5.73 Å². The van der Waals surface area contributed by atoms with Crippen molar-refractivity contribution in [3.8, 4) is 0 Å². The molecule has 3 atom stereocenters. The molecule has 0 bridgehead atoms. The van der Waals surface area contributed by atoms with Crippen LogP contribution in [0.4, 0.5) is 0 Å². The van der Waals surface area contributed by atoms with Crippen molar-refractivity contribution in [2.24, 2.45) is 11.7 Å². The normalized spacial score (nSPS) is 28.4. The topological polar surface area (TPSA) is 80.5 Å². The average molecular weight is 302 g/mol. The van der Waals surface area contributed by atoms with Crippen LogP contribution in [0.1, 0.15) is 45.4 Å². The zero-order valence-corrected chi connectivity index (χ0v) is 13.2. The first-order valence-electron chi connectivity index (χ1n) is 7.52. The van der Waals surface area contributed by atoms with Crippen molar-refractivity contribution in [3.63, 3.8) is 0 Å². The van der Waals surface area contributed by atoms with Crippen molar-refractivity contribution in [2.45, 2.75) is 63.6 Å². The Morgan fingerprint density at radius 2 is 1.95 bits per heavy atom. The average Bonchev–Trinajstić information content (AvgIpc) is 3.02. The number of nitrogens with two attached hydrogens (primary N) is 1. The Bertz CT molecular complexity index is 459. The van der Waals surface area contributed by atoms with E-state index in [-0.39, 0.29) is 35.7 Å². The molecule has 116 valence electrons. The van der Waals surface area contributed by atoms with Gasteiger partial charge in [0.1, 0.15) is 9.84 Å². The molecule has 0 aromatic carbocycles. The van der Waals surface area contributed by atoms with E-state index in [4.69, 9.17) is 5.73 Å². The maximum Gasteiger partial charge on any atom is 0.223 e. The van der Waals surface area contributed by atoms with E-state index in [0.717, 1.165) is 32.1 Å². The molecule has 0 aromatic heterocycles. The van der Waals surface area contributed by atoms with Gasteiger partial charge in [0.2, 0.25) is 5.91 Å². The molecule has 0 aromatic rings. The zero-order chi connectivity index (χ0) is 14.9. The summed E-state index contributed by atoms with van der Waals surface area (Å²) in [5.74, 6) is 0.409. The minimum atomic E-state index is -3.06. The molecular formula is C14H26N2O3S. The van der Waals surface area contributed by atoms with Gasteiger partial charge in [-0.05, 0) is 38.5 Å². The number of carbonyl (C=O) groups excluding carboxylic acids is 1. The van der Waals surface area contributed by atoms with Gasteiger partial charge in [0, 0.05) is 30.8 Å². The van der Waals surface area contributed by atoms with Crippen LogP contribution in [0.25, 0.3) is 0 Å². The third-order valence-corrected chi connectivity index (χ3v) is 5.49. The molecule has 2 aliphatic carbocycles. The molecule has 1 amide bonds. The Hall–Kier alpha value is -0.620. The summed E-state index contributed by atoms with van der Waals surface area (Å²) in [7, 11) is -3.06. The lowest BCUT2D eigenvalue weighted by Crippen LogP contribution is -2.45. The fourth-order valence-electron chi connectivity index (χ4n) is 3.33. The van der Waals surface area contributed by atoms with E-state index in [1.807, 2.05) is 11.8 Å². The number of amides is 1. The molecule has 0 aliphatic heterocycles. The Labute approximate surface area is 121 Å². The lowest BCUT2D eigenvalue weighted by Gasteiger charge is -2.30. The summed E-state index contributed by atoms with van der Waals surface area (Å²) >= 11 is 0. The Balaban J connectivity index is 1.99. The summed E-state index contributed by atoms with van der Waals surface area (Å²) in [6, 6.07) is 0.143. The maximum atomic E-state index is 12.5. The van der Waals surface area contributed by atoms with Crippen LogP contribution in [-0.2, 0) is 14.6 Å². The lowest BCUT2D eigenvalue weighted by molar-refractivity contribution is -0.134. The largest absolute Gasteiger partial charge is 0.336 e. The van der Waals surface area contributed by atoms with Crippen molar-refractivity contribution in [1.29, 1.82) is 0 Å². The predicted octanol–water partition coefficient (Wildman–Crippen LogP) is 0.928. The summed E-state index contributed by atoms with van der Waals surface area (Å²) in [4.78, 5) is 14.3. The highest BCUT2D eigenvalue weighted by atomic mass is 32.2. The van der Waals surface area contributed by atoms with Crippen LogP contribution in [-0.4, -0.2) is 49.4 Å². The van der Waals surface area contributed by atoms with Crippen molar-refractivity contribution in [3.05, 3.63) is 0 Å². The first kappa shape index (κ1) is 15.8. The van der Waals surface area contributed by atoms with E-state index in [9.17, 15) is 13.2 Å². The fraction of sp³-hybridized carbons (Fsp3) is 0.929. The van der Waals surface area contributed by atoms with Gasteiger partial charge in [0.05, 0.1) is 5.75 Å². The molecule has 0 saturated heterocycles. The molecule has 2 aliphatic rings. The maximum absolute atomic E-state index is 12.5.